The van der Waals surface area contributed by atoms with Crippen molar-refractivity contribution < 1.29 is 13.2 Å². The SMILES string of the molecule is Cc1cc(C(C)(C)C)cc(C)c1S(=O)(=O)Nc1cccc(C(=O)NC2CC2)c1. The molecule has 0 aliphatic heterocycles. The Hall–Kier alpha value is -2.34. The summed E-state index contributed by atoms with van der Waals surface area (Å²) in [5.41, 5.74) is 3.28. The molecule has 0 aromatic heterocycles. The van der Waals surface area contributed by atoms with Crippen molar-refractivity contribution in [3.05, 3.63) is 58.7 Å². The van der Waals surface area contributed by atoms with E-state index in [1.54, 1.807) is 24.3 Å². The highest BCUT2D eigenvalue weighted by atomic mass is 32.2. The molecular weight excluding hydrogens is 372 g/mol. The number of sulfonamides is 1. The molecule has 0 spiro atoms. The molecule has 1 amide bonds. The lowest BCUT2D eigenvalue weighted by Gasteiger charge is -2.22. The van der Waals surface area contributed by atoms with Crippen molar-refractivity contribution >= 4 is 21.6 Å². The van der Waals surface area contributed by atoms with Gasteiger partial charge in [-0.05, 0) is 67.0 Å². The minimum Gasteiger partial charge on any atom is -0.349 e. The fourth-order valence-corrected chi connectivity index (χ4v) is 4.74. The fourth-order valence-electron chi connectivity index (χ4n) is 3.23. The quantitative estimate of drug-likeness (QED) is 0.786. The Morgan fingerprint density at radius 1 is 1.04 bits per heavy atom. The van der Waals surface area contributed by atoms with Crippen LogP contribution < -0.4 is 10.0 Å². The number of hydrogen-bond acceptors (Lipinski definition) is 3. The van der Waals surface area contributed by atoms with Gasteiger partial charge in [0.15, 0.2) is 0 Å². The van der Waals surface area contributed by atoms with Gasteiger partial charge in [0.2, 0.25) is 0 Å². The minimum absolute atomic E-state index is 0.0610. The molecule has 0 radical (unpaired) electrons. The average Bonchev–Trinajstić information content (AvgIpc) is 3.36. The van der Waals surface area contributed by atoms with Crippen molar-refractivity contribution in [3.8, 4) is 0 Å². The molecule has 0 saturated heterocycles. The van der Waals surface area contributed by atoms with Gasteiger partial charge in [-0.3, -0.25) is 9.52 Å². The van der Waals surface area contributed by atoms with E-state index in [4.69, 9.17) is 0 Å². The van der Waals surface area contributed by atoms with E-state index in [1.165, 1.54) is 0 Å². The van der Waals surface area contributed by atoms with Crippen LogP contribution in [0, 0.1) is 13.8 Å². The van der Waals surface area contributed by atoms with E-state index in [0.29, 0.717) is 22.4 Å². The highest BCUT2D eigenvalue weighted by Gasteiger charge is 2.25. The van der Waals surface area contributed by atoms with Gasteiger partial charge in [-0.2, -0.15) is 0 Å². The molecule has 28 heavy (non-hydrogen) atoms. The summed E-state index contributed by atoms with van der Waals surface area (Å²) in [4.78, 5) is 12.5. The minimum atomic E-state index is -3.77. The number of amides is 1. The Labute approximate surface area is 167 Å². The molecule has 1 saturated carbocycles. The van der Waals surface area contributed by atoms with Crippen LogP contribution in [0.5, 0.6) is 0 Å². The Morgan fingerprint density at radius 2 is 1.64 bits per heavy atom. The van der Waals surface area contributed by atoms with Crippen LogP contribution >= 0.6 is 0 Å². The lowest BCUT2D eigenvalue weighted by atomic mass is 9.85. The summed E-state index contributed by atoms with van der Waals surface area (Å²) >= 11 is 0. The van der Waals surface area contributed by atoms with Crippen LogP contribution in [-0.4, -0.2) is 20.4 Å². The van der Waals surface area contributed by atoms with Crippen molar-refractivity contribution in [1.82, 2.24) is 5.32 Å². The summed E-state index contributed by atoms with van der Waals surface area (Å²) in [6, 6.07) is 10.7. The molecule has 0 atom stereocenters. The molecule has 3 rings (SSSR count). The standard InChI is InChI=1S/C22H28N2O3S/c1-14-11-17(22(3,4)5)12-15(2)20(14)28(26,27)24-19-8-6-7-16(13-19)21(25)23-18-9-10-18/h6-8,11-13,18,24H,9-10H2,1-5H3,(H,23,25). The van der Waals surface area contributed by atoms with Gasteiger partial charge >= 0.3 is 0 Å². The van der Waals surface area contributed by atoms with Crippen LogP contribution in [0.4, 0.5) is 5.69 Å². The first-order valence-electron chi connectivity index (χ1n) is 9.53. The zero-order chi connectivity index (χ0) is 20.7. The van der Waals surface area contributed by atoms with Gasteiger partial charge in [-0.1, -0.05) is 39.0 Å². The number of carbonyl (C=O) groups excluding carboxylic acids is 1. The summed E-state index contributed by atoms with van der Waals surface area (Å²) < 4.78 is 28.8. The summed E-state index contributed by atoms with van der Waals surface area (Å²) in [5.74, 6) is -0.176. The maximum Gasteiger partial charge on any atom is 0.262 e. The third-order valence-corrected chi connectivity index (χ3v) is 6.57. The number of benzene rings is 2. The lowest BCUT2D eigenvalue weighted by Crippen LogP contribution is -2.25. The van der Waals surface area contributed by atoms with E-state index >= 15 is 0 Å². The maximum absolute atomic E-state index is 13.1. The first kappa shape index (κ1) is 20.4. The summed E-state index contributed by atoms with van der Waals surface area (Å²) in [6.07, 6.45) is 2.00. The Balaban J connectivity index is 1.89. The molecule has 150 valence electrons. The van der Waals surface area contributed by atoms with Gasteiger partial charge in [0, 0.05) is 17.3 Å². The first-order valence-corrected chi connectivity index (χ1v) is 11.0. The van der Waals surface area contributed by atoms with E-state index in [9.17, 15) is 13.2 Å². The second kappa shape index (κ2) is 7.24. The van der Waals surface area contributed by atoms with Crippen LogP contribution in [-0.2, 0) is 15.4 Å². The summed E-state index contributed by atoms with van der Waals surface area (Å²) in [7, 11) is -3.77. The molecule has 2 aromatic carbocycles. The second-order valence-corrected chi connectivity index (χ2v) is 10.2. The van der Waals surface area contributed by atoms with Gasteiger partial charge < -0.3 is 5.32 Å². The van der Waals surface area contributed by atoms with Crippen LogP contribution in [0.25, 0.3) is 0 Å². The number of anilines is 1. The predicted octanol–water partition coefficient (Wildman–Crippen LogP) is 4.29. The molecule has 2 N–H and O–H groups in total. The molecule has 0 heterocycles. The van der Waals surface area contributed by atoms with Gasteiger partial charge in [-0.25, -0.2) is 8.42 Å². The molecule has 0 unspecified atom stereocenters. The zero-order valence-corrected chi connectivity index (χ0v) is 17.9. The van der Waals surface area contributed by atoms with Crippen molar-refractivity contribution in [2.45, 2.75) is 63.8 Å². The molecule has 6 heteroatoms. The largest absolute Gasteiger partial charge is 0.349 e. The summed E-state index contributed by atoms with van der Waals surface area (Å²) in [5, 5.41) is 2.91. The van der Waals surface area contributed by atoms with E-state index in [2.05, 4.69) is 30.8 Å². The van der Waals surface area contributed by atoms with Gasteiger partial charge in [0.1, 0.15) is 0 Å². The smallest absolute Gasteiger partial charge is 0.262 e. The van der Waals surface area contributed by atoms with Crippen LogP contribution in [0.15, 0.2) is 41.3 Å². The average molecular weight is 401 g/mol. The van der Waals surface area contributed by atoms with Gasteiger partial charge in [0.25, 0.3) is 15.9 Å². The Kier molecular flexibility index (Phi) is 5.28. The fraction of sp³-hybridized carbons (Fsp3) is 0.409. The van der Waals surface area contributed by atoms with Crippen molar-refractivity contribution in [2.24, 2.45) is 0 Å². The van der Waals surface area contributed by atoms with Crippen LogP contribution in [0.1, 0.15) is 60.7 Å². The second-order valence-electron chi connectivity index (χ2n) is 8.62. The number of aryl methyl sites for hydroxylation is 2. The topological polar surface area (TPSA) is 75.3 Å². The number of carbonyl (C=O) groups is 1. The zero-order valence-electron chi connectivity index (χ0n) is 17.1. The third kappa shape index (κ3) is 4.55. The summed E-state index contributed by atoms with van der Waals surface area (Å²) in [6.45, 7) is 9.94. The monoisotopic (exact) mass is 400 g/mol. The number of nitrogens with one attached hydrogen (secondary N) is 2. The maximum atomic E-state index is 13.1. The lowest BCUT2D eigenvalue weighted by molar-refractivity contribution is 0.0951. The van der Waals surface area contributed by atoms with Gasteiger partial charge in [-0.15, -0.1) is 0 Å². The molecule has 1 aliphatic carbocycles. The normalized spacial score (nSPS) is 14.6. The van der Waals surface area contributed by atoms with Crippen LogP contribution in [0.3, 0.4) is 0 Å². The number of rotatable bonds is 5. The van der Waals surface area contributed by atoms with Crippen molar-refractivity contribution in [1.29, 1.82) is 0 Å². The van der Waals surface area contributed by atoms with E-state index < -0.39 is 10.0 Å². The van der Waals surface area contributed by atoms with Crippen LogP contribution in [0.2, 0.25) is 0 Å². The Bertz CT molecular complexity index is 993. The van der Waals surface area contributed by atoms with Gasteiger partial charge in [0.05, 0.1) is 4.90 Å². The highest BCUT2D eigenvalue weighted by molar-refractivity contribution is 7.92. The third-order valence-electron chi connectivity index (χ3n) is 4.88. The molecule has 2 aromatic rings. The molecular formula is C22H28N2O3S. The first-order chi connectivity index (χ1) is 13.0. The van der Waals surface area contributed by atoms with Crippen molar-refractivity contribution in [2.75, 3.05) is 4.72 Å². The van der Waals surface area contributed by atoms with Crippen molar-refractivity contribution in [3.63, 3.8) is 0 Å². The predicted molar refractivity (Wildman–Crippen MR) is 112 cm³/mol. The van der Waals surface area contributed by atoms with E-state index in [-0.39, 0.29) is 22.3 Å². The molecule has 1 aliphatic rings. The molecule has 1 fully saturated rings. The van der Waals surface area contributed by atoms with E-state index in [1.807, 2.05) is 26.0 Å². The highest BCUT2D eigenvalue weighted by Crippen LogP contribution is 2.30. The van der Waals surface area contributed by atoms with E-state index in [0.717, 1.165) is 18.4 Å². The molecule has 5 nitrogen and oxygen atoms in total. The number of hydrogen-bond donors (Lipinski definition) is 2. The Morgan fingerprint density at radius 3 is 2.18 bits per heavy atom. The molecule has 0 bridgehead atoms.